The molecule has 0 amide bonds. The summed E-state index contributed by atoms with van der Waals surface area (Å²) in [5.74, 6) is 0. The van der Waals surface area contributed by atoms with Crippen molar-refractivity contribution in [3.63, 3.8) is 0 Å². The lowest BCUT2D eigenvalue weighted by Crippen LogP contribution is -1.89. The predicted molar refractivity (Wildman–Crippen MR) is 48.2 cm³/mol. The second-order valence-electron chi connectivity index (χ2n) is 3.33. The van der Waals surface area contributed by atoms with E-state index in [4.69, 9.17) is 0 Å². The van der Waals surface area contributed by atoms with Crippen molar-refractivity contribution in [2.75, 3.05) is 0 Å². The minimum Gasteiger partial charge on any atom is -0.303 e. The van der Waals surface area contributed by atoms with Crippen molar-refractivity contribution in [2.45, 2.75) is 25.7 Å². The Morgan fingerprint density at radius 2 is 2.08 bits per heavy atom. The van der Waals surface area contributed by atoms with Gasteiger partial charge >= 0.3 is 0 Å². The molecule has 1 heteroatoms. The van der Waals surface area contributed by atoms with Gasteiger partial charge in [0.05, 0.1) is 0 Å². The Balaban J connectivity index is 2.32. The van der Waals surface area contributed by atoms with Gasteiger partial charge in [0.25, 0.3) is 0 Å². The number of aryl methyl sites for hydroxylation is 2. The van der Waals surface area contributed by atoms with Crippen LogP contribution in [0.5, 0.6) is 0 Å². The fraction of sp³-hybridized carbons (Fsp3) is 0.364. The average molecular weight is 160 g/mol. The molecule has 2 rings (SSSR count). The average Bonchev–Trinajstić information content (AvgIpc) is 2.51. The molecule has 0 aliphatic heterocycles. The molecule has 0 radical (unpaired) electrons. The van der Waals surface area contributed by atoms with Crippen LogP contribution in [0.1, 0.15) is 23.1 Å². The van der Waals surface area contributed by atoms with Crippen LogP contribution in [0.3, 0.4) is 0 Å². The van der Waals surface area contributed by atoms with Crippen LogP contribution in [0.4, 0.5) is 0 Å². The summed E-state index contributed by atoms with van der Waals surface area (Å²) in [6.07, 6.45) is 5.22. The van der Waals surface area contributed by atoms with Gasteiger partial charge in [-0.05, 0) is 36.0 Å². The fourth-order valence-electron chi connectivity index (χ4n) is 1.85. The van der Waals surface area contributed by atoms with Crippen molar-refractivity contribution < 1.29 is 4.79 Å². The minimum atomic E-state index is 0.563. The van der Waals surface area contributed by atoms with Crippen molar-refractivity contribution >= 4 is 6.29 Å². The number of hydrogen-bond donors (Lipinski definition) is 0. The third kappa shape index (κ3) is 1.27. The largest absolute Gasteiger partial charge is 0.303 e. The summed E-state index contributed by atoms with van der Waals surface area (Å²) in [6.45, 7) is 0. The topological polar surface area (TPSA) is 17.1 Å². The van der Waals surface area contributed by atoms with E-state index in [-0.39, 0.29) is 0 Å². The van der Waals surface area contributed by atoms with E-state index in [0.717, 1.165) is 11.8 Å². The Hall–Kier alpha value is -1.11. The zero-order chi connectivity index (χ0) is 8.39. The van der Waals surface area contributed by atoms with Gasteiger partial charge in [0.15, 0.2) is 0 Å². The molecule has 0 fully saturated rings. The highest BCUT2D eigenvalue weighted by Crippen LogP contribution is 2.22. The third-order valence-corrected chi connectivity index (χ3v) is 2.48. The summed E-state index contributed by atoms with van der Waals surface area (Å²) in [7, 11) is 0. The van der Waals surface area contributed by atoms with E-state index in [2.05, 4.69) is 18.2 Å². The number of hydrogen-bond acceptors (Lipinski definition) is 1. The number of carbonyl (C=O) groups excluding carboxylic acids is 1. The van der Waals surface area contributed by atoms with Gasteiger partial charge in [-0.1, -0.05) is 18.2 Å². The van der Waals surface area contributed by atoms with Crippen molar-refractivity contribution in [3.05, 3.63) is 34.9 Å². The molecule has 1 aliphatic carbocycles. The molecule has 1 aliphatic rings. The third-order valence-electron chi connectivity index (χ3n) is 2.48. The molecule has 0 atom stereocenters. The molecule has 62 valence electrons. The van der Waals surface area contributed by atoms with Gasteiger partial charge in [-0.2, -0.15) is 0 Å². The maximum absolute atomic E-state index is 10.3. The normalized spacial score (nSPS) is 14.3. The molecule has 0 aromatic heterocycles. The first-order valence-corrected chi connectivity index (χ1v) is 4.44. The molecule has 12 heavy (non-hydrogen) atoms. The van der Waals surface area contributed by atoms with Crippen LogP contribution in [0.2, 0.25) is 0 Å². The van der Waals surface area contributed by atoms with Crippen LogP contribution in [-0.4, -0.2) is 6.29 Å². The summed E-state index contributed by atoms with van der Waals surface area (Å²) >= 11 is 0. The molecule has 0 heterocycles. The first-order valence-electron chi connectivity index (χ1n) is 4.44. The van der Waals surface area contributed by atoms with Crippen molar-refractivity contribution in [3.8, 4) is 0 Å². The van der Waals surface area contributed by atoms with E-state index in [9.17, 15) is 4.79 Å². The lowest BCUT2D eigenvalue weighted by atomic mass is 10.1. The summed E-state index contributed by atoms with van der Waals surface area (Å²) in [5.41, 5.74) is 4.09. The quantitative estimate of drug-likeness (QED) is 0.604. The monoisotopic (exact) mass is 160 g/mol. The van der Waals surface area contributed by atoms with Crippen molar-refractivity contribution in [1.82, 2.24) is 0 Å². The minimum absolute atomic E-state index is 0.563. The van der Waals surface area contributed by atoms with Gasteiger partial charge in [0, 0.05) is 6.42 Å². The van der Waals surface area contributed by atoms with Crippen molar-refractivity contribution in [2.24, 2.45) is 0 Å². The van der Waals surface area contributed by atoms with Crippen LogP contribution in [0.25, 0.3) is 0 Å². The van der Waals surface area contributed by atoms with Crippen LogP contribution < -0.4 is 0 Å². The molecule has 0 unspecified atom stereocenters. The van der Waals surface area contributed by atoms with Gasteiger partial charge in [-0.25, -0.2) is 0 Å². The summed E-state index contributed by atoms with van der Waals surface area (Å²) in [6, 6.07) is 6.41. The van der Waals surface area contributed by atoms with Gasteiger partial charge in [-0.3, -0.25) is 0 Å². The van der Waals surface area contributed by atoms with Gasteiger partial charge in [-0.15, -0.1) is 0 Å². The van der Waals surface area contributed by atoms with Gasteiger partial charge in [0.1, 0.15) is 6.29 Å². The standard InChI is InChI=1S/C11H12O/c12-7-6-9-4-5-10-2-1-3-11(10)8-9/h4-5,7-8H,1-3,6H2. The molecule has 0 spiro atoms. The smallest absolute Gasteiger partial charge is 0.124 e. The molecular formula is C11H12O. The van der Waals surface area contributed by atoms with Gasteiger partial charge in [0.2, 0.25) is 0 Å². The number of aldehydes is 1. The lowest BCUT2D eigenvalue weighted by Gasteiger charge is -2.00. The molecule has 0 saturated heterocycles. The first kappa shape index (κ1) is 7.53. The first-order chi connectivity index (χ1) is 5.90. The van der Waals surface area contributed by atoms with E-state index in [1.807, 2.05) is 0 Å². The number of benzene rings is 1. The number of carbonyl (C=O) groups is 1. The van der Waals surface area contributed by atoms with Crippen LogP contribution in [0.15, 0.2) is 18.2 Å². The number of fused-ring (bicyclic) bond motifs is 1. The van der Waals surface area contributed by atoms with Gasteiger partial charge < -0.3 is 4.79 Å². The molecular weight excluding hydrogens is 148 g/mol. The van der Waals surface area contributed by atoms with E-state index in [1.165, 1.54) is 30.4 Å². The highest BCUT2D eigenvalue weighted by Gasteiger charge is 2.09. The summed E-state index contributed by atoms with van der Waals surface area (Å²) < 4.78 is 0. The zero-order valence-electron chi connectivity index (χ0n) is 7.05. The highest BCUT2D eigenvalue weighted by molar-refractivity contribution is 5.55. The van der Waals surface area contributed by atoms with Crippen LogP contribution in [-0.2, 0) is 24.1 Å². The molecule has 0 saturated carbocycles. The second kappa shape index (κ2) is 3.10. The Kier molecular flexibility index (Phi) is 1.94. The Morgan fingerprint density at radius 1 is 1.25 bits per heavy atom. The van der Waals surface area contributed by atoms with Crippen LogP contribution in [0, 0.1) is 0 Å². The van der Waals surface area contributed by atoms with Crippen molar-refractivity contribution in [1.29, 1.82) is 0 Å². The second-order valence-corrected chi connectivity index (χ2v) is 3.33. The lowest BCUT2D eigenvalue weighted by molar-refractivity contribution is -0.107. The maximum atomic E-state index is 10.3. The molecule has 0 N–H and O–H groups in total. The van der Waals surface area contributed by atoms with Crippen LogP contribution >= 0.6 is 0 Å². The number of rotatable bonds is 2. The Labute approximate surface area is 72.4 Å². The van der Waals surface area contributed by atoms with E-state index >= 15 is 0 Å². The van der Waals surface area contributed by atoms with E-state index in [0.29, 0.717) is 6.42 Å². The predicted octanol–water partition coefficient (Wildman–Crippen LogP) is 1.92. The molecule has 1 nitrogen and oxygen atoms in total. The van der Waals surface area contributed by atoms with E-state index < -0.39 is 0 Å². The molecule has 0 bridgehead atoms. The maximum Gasteiger partial charge on any atom is 0.124 e. The van der Waals surface area contributed by atoms with E-state index in [1.54, 1.807) is 0 Å². The SMILES string of the molecule is O=CCc1ccc2c(c1)CCC2. The summed E-state index contributed by atoms with van der Waals surface area (Å²) in [4.78, 5) is 10.3. The Bertz CT molecular complexity index is 302. The summed E-state index contributed by atoms with van der Waals surface area (Å²) in [5, 5.41) is 0. The zero-order valence-corrected chi connectivity index (χ0v) is 7.05. The highest BCUT2D eigenvalue weighted by atomic mass is 16.1. The fourth-order valence-corrected chi connectivity index (χ4v) is 1.85. The molecule has 1 aromatic carbocycles. The Morgan fingerprint density at radius 3 is 2.92 bits per heavy atom. The molecule has 1 aromatic rings.